The third-order valence-corrected chi connectivity index (χ3v) is 8.28. The van der Waals surface area contributed by atoms with Gasteiger partial charge in [-0.15, -0.1) is 4.13 Å². The van der Waals surface area contributed by atoms with Crippen LogP contribution < -0.4 is 4.13 Å². The zero-order chi connectivity index (χ0) is 20.8. The average molecular weight is 456 g/mol. The van der Waals surface area contributed by atoms with Gasteiger partial charge in [-0.05, 0) is 12.8 Å². The molecule has 1 saturated heterocycles. The average Bonchev–Trinajstić information content (AvgIpc) is 2.44. The summed E-state index contributed by atoms with van der Waals surface area (Å²) in [6.07, 6.45) is 0.384. The van der Waals surface area contributed by atoms with Crippen LogP contribution in [0.3, 0.4) is 0 Å². The summed E-state index contributed by atoms with van der Waals surface area (Å²) in [6, 6.07) is 0. The van der Waals surface area contributed by atoms with Gasteiger partial charge in [0, 0.05) is 13.1 Å². The lowest BCUT2D eigenvalue weighted by Gasteiger charge is -2.35. The molecule has 156 valence electrons. The Morgan fingerprint density at radius 2 is 1.19 bits per heavy atom. The maximum absolute atomic E-state index is 13.9. The van der Waals surface area contributed by atoms with Crippen LogP contribution in [-0.4, -0.2) is 65.3 Å². The highest BCUT2D eigenvalue weighted by molar-refractivity contribution is 8.05. The first-order valence-corrected chi connectivity index (χ1v) is 11.5. The monoisotopic (exact) mass is 456 g/mol. The van der Waals surface area contributed by atoms with Crippen LogP contribution in [0.2, 0.25) is 0 Å². The highest BCUT2D eigenvalue weighted by Gasteiger charge is 2.82. The molecule has 1 N–H and O–H groups in total. The zero-order valence-electron chi connectivity index (χ0n) is 12.9. The molecule has 0 amide bonds. The molecule has 1 aliphatic heterocycles. The Kier molecular flexibility index (Phi) is 6.07. The Bertz CT molecular complexity index is 848. The van der Waals surface area contributed by atoms with Gasteiger partial charge in [0.25, 0.3) is 20.0 Å². The lowest BCUT2D eigenvalue weighted by atomic mass is 10.2. The van der Waals surface area contributed by atoms with Crippen molar-refractivity contribution in [2.75, 3.05) is 19.3 Å². The van der Waals surface area contributed by atoms with Gasteiger partial charge in [-0.2, -0.15) is 30.6 Å². The summed E-state index contributed by atoms with van der Waals surface area (Å²) in [7, 11) is -18.4. The van der Waals surface area contributed by atoms with Crippen molar-refractivity contribution in [2.24, 2.45) is 0 Å². The number of hydrogen-bond acceptors (Lipinski definition) is 6. The molecule has 0 atom stereocenters. The van der Waals surface area contributed by atoms with Crippen LogP contribution in [0.1, 0.15) is 19.3 Å². The number of nitrogens with zero attached hydrogens (tertiary/aromatic N) is 1. The standard InChI is InChI=1S/C9H14F6N2O6S3/c1-24(18,19)16-25(20,21)8(12,13)7(10,11)9(14,15)26(22,23)17-5-3-2-4-6-17/h16H,2-6H2,1H3. The molecule has 8 nitrogen and oxygen atoms in total. The number of hydrogen-bond donors (Lipinski definition) is 1. The van der Waals surface area contributed by atoms with Crippen LogP contribution >= 0.6 is 0 Å². The molecular formula is C9H14F6N2O6S3. The molecule has 0 aliphatic carbocycles. The molecule has 26 heavy (non-hydrogen) atoms. The van der Waals surface area contributed by atoms with E-state index < -0.39 is 59.6 Å². The number of sulfonamides is 3. The van der Waals surface area contributed by atoms with E-state index in [4.69, 9.17) is 0 Å². The summed E-state index contributed by atoms with van der Waals surface area (Å²) in [6.45, 7) is -1.29. The molecule has 0 saturated carbocycles. The van der Waals surface area contributed by atoms with Crippen LogP contribution in [0, 0.1) is 0 Å². The molecule has 1 heterocycles. The smallest absolute Gasteiger partial charge is 0.212 e. The maximum atomic E-state index is 13.9. The Balaban J connectivity index is 3.44. The van der Waals surface area contributed by atoms with Gasteiger partial charge in [-0.25, -0.2) is 25.3 Å². The van der Waals surface area contributed by atoms with Gasteiger partial charge in [0.1, 0.15) is 0 Å². The minimum absolute atomic E-state index is 0.00517. The van der Waals surface area contributed by atoms with Gasteiger partial charge in [-0.3, -0.25) is 0 Å². The summed E-state index contributed by atoms with van der Waals surface area (Å²) in [5.41, 5.74) is 0. The van der Waals surface area contributed by atoms with Crippen molar-refractivity contribution < 1.29 is 51.6 Å². The number of rotatable bonds is 7. The van der Waals surface area contributed by atoms with Gasteiger partial charge >= 0.3 is 16.4 Å². The van der Waals surface area contributed by atoms with E-state index in [1.165, 1.54) is 0 Å². The SMILES string of the molecule is CS(=O)(=O)NS(=O)(=O)C(F)(F)C(F)(F)C(F)(F)S(=O)(=O)N1CCCCC1. The van der Waals surface area contributed by atoms with E-state index >= 15 is 0 Å². The molecule has 1 rings (SSSR count). The van der Waals surface area contributed by atoms with E-state index in [0.717, 1.165) is 0 Å². The molecule has 0 aromatic rings. The first-order chi connectivity index (χ1) is 11.3. The number of piperidine rings is 1. The second kappa shape index (κ2) is 6.75. The van der Waals surface area contributed by atoms with E-state index in [1.807, 2.05) is 0 Å². The zero-order valence-corrected chi connectivity index (χ0v) is 15.4. The summed E-state index contributed by atoms with van der Waals surface area (Å²) < 4.78 is 150. The summed E-state index contributed by atoms with van der Waals surface area (Å²) in [5, 5.41) is -13.3. The number of halogens is 6. The second-order valence-electron chi connectivity index (χ2n) is 5.43. The fourth-order valence-electron chi connectivity index (χ4n) is 2.02. The third-order valence-electron chi connectivity index (χ3n) is 3.31. The molecule has 17 heteroatoms. The van der Waals surface area contributed by atoms with Crippen molar-refractivity contribution in [3.8, 4) is 0 Å². The molecule has 0 aromatic carbocycles. The van der Waals surface area contributed by atoms with E-state index in [9.17, 15) is 51.6 Å². The van der Waals surface area contributed by atoms with Crippen LogP contribution in [0.15, 0.2) is 0 Å². The van der Waals surface area contributed by atoms with Crippen LogP contribution in [0.25, 0.3) is 0 Å². The normalized spacial score (nSPS) is 19.5. The van der Waals surface area contributed by atoms with E-state index in [2.05, 4.69) is 0 Å². The van der Waals surface area contributed by atoms with Gasteiger partial charge in [0.15, 0.2) is 0 Å². The lowest BCUT2D eigenvalue weighted by Crippen LogP contribution is -2.65. The minimum atomic E-state index is -6.98. The molecule has 0 bridgehead atoms. The summed E-state index contributed by atoms with van der Waals surface area (Å²) >= 11 is 0. The van der Waals surface area contributed by atoms with Crippen molar-refractivity contribution >= 4 is 30.1 Å². The highest BCUT2D eigenvalue weighted by Crippen LogP contribution is 2.51. The van der Waals surface area contributed by atoms with Crippen molar-refractivity contribution in [1.29, 1.82) is 0 Å². The number of nitrogens with one attached hydrogen (secondary N) is 1. The molecular weight excluding hydrogens is 442 g/mol. The second-order valence-corrected chi connectivity index (χ2v) is 11.1. The van der Waals surface area contributed by atoms with Crippen molar-refractivity contribution in [2.45, 2.75) is 35.7 Å². The van der Waals surface area contributed by atoms with Crippen LogP contribution in [0.5, 0.6) is 0 Å². The molecule has 0 radical (unpaired) electrons. The van der Waals surface area contributed by atoms with Crippen molar-refractivity contribution in [3.63, 3.8) is 0 Å². The van der Waals surface area contributed by atoms with Gasteiger partial charge in [-0.1, -0.05) is 6.42 Å². The fourth-order valence-corrected chi connectivity index (χ4v) is 6.08. The Hall–Kier alpha value is -0.650. The highest BCUT2D eigenvalue weighted by atomic mass is 32.3. The maximum Gasteiger partial charge on any atom is 0.429 e. The first-order valence-electron chi connectivity index (χ1n) is 6.67. The first kappa shape index (κ1) is 23.4. The predicted octanol–water partition coefficient (Wildman–Crippen LogP) is 0.502. The van der Waals surface area contributed by atoms with Crippen LogP contribution in [0.4, 0.5) is 26.3 Å². The molecule has 0 unspecified atom stereocenters. The van der Waals surface area contributed by atoms with Crippen molar-refractivity contribution in [1.82, 2.24) is 8.43 Å². The molecule has 0 aromatic heterocycles. The topological polar surface area (TPSA) is 118 Å². The minimum Gasteiger partial charge on any atom is -0.212 e. The number of alkyl halides is 6. The fraction of sp³-hybridized carbons (Fsp3) is 1.00. The largest absolute Gasteiger partial charge is 0.429 e. The summed E-state index contributed by atoms with van der Waals surface area (Å²) in [5.74, 6) is -6.98. The van der Waals surface area contributed by atoms with Crippen molar-refractivity contribution in [3.05, 3.63) is 0 Å². The van der Waals surface area contributed by atoms with Gasteiger partial charge < -0.3 is 0 Å². The Labute approximate surface area is 145 Å². The van der Waals surface area contributed by atoms with Crippen LogP contribution in [-0.2, 0) is 30.1 Å². The lowest BCUT2D eigenvalue weighted by molar-refractivity contribution is -0.245. The molecule has 0 spiro atoms. The van der Waals surface area contributed by atoms with E-state index in [1.54, 1.807) is 0 Å². The molecule has 1 aliphatic rings. The predicted molar refractivity (Wildman–Crippen MR) is 76.1 cm³/mol. The van der Waals surface area contributed by atoms with Gasteiger partial charge in [0.2, 0.25) is 10.0 Å². The van der Waals surface area contributed by atoms with E-state index in [0.29, 0.717) is 6.42 Å². The van der Waals surface area contributed by atoms with Gasteiger partial charge in [0.05, 0.1) is 6.26 Å². The molecule has 1 fully saturated rings. The van der Waals surface area contributed by atoms with E-state index in [-0.39, 0.29) is 27.5 Å². The summed E-state index contributed by atoms with van der Waals surface area (Å²) in [4.78, 5) is 0. The Morgan fingerprint density at radius 1 is 0.769 bits per heavy atom. The third kappa shape index (κ3) is 3.81. The quantitative estimate of drug-likeness (QED) is 0.558. The Morgan fingerprint density at radius 3 is 1.58 bits per heavy atom.